The first-order chi connectivity index (χ1) is 7.06. The Bertz CT molecular complexity index is 423. The summed E-state index contributed by atoms with van der Waals surface area (Å²) in [6, 6.07) is 0. The molecule has 0 aromatic carbocycles. The number of aromatic nitrogens is 2. The molecule has 4 heteroatoms. The molecule has 0 saturated heterocycles. The molecule has 0 saturated carbocycles. The molecule has 0 aliphatic heterocycles. The van der Waals surface area contributed by atoms with E-state index in [0.717, 1.165) is 6.21 Å². The fraction of sp³-hybridized carbons (Fsp3) is 0.364. The number of anilines is 1. The van der Waals surface area contributed by atoms with E-state index in [2.05, 4.69) is 30.4 Å². The Morgan fingerprint density at radius 3 is 2.33 bits per heavy atom. The second kappa shape index (κ2) is 6.70. The minimum Gasteiger partial charge on any atom is -0.383 e. The maximum Gasteiger partial charge on any atom is 0.135 e. The molecule has 0 atom stereocenters. The highest BCUT2D eigenvalue weighted by molar-refractivity contribution is 5.89. The molecule has 1 aromatic heterocycles. The predicted octanol–water partition coefficient (Wildman–Crippen LogP) is 0.624. The normalized spacial score (nSPS) is 10.5. The third-order valence-corrected chi connectivity index (χ3v) is 1.42. The molecule has 0 fully saturated rings. The zero-order valence-corrected chi connectivity index (χ0v) is 9.54. The van der Waals surface area contributed by atoms with Crippen molar-refractivity contribution in [3.63, 3.8) is 0 Å². The Morgan fingerprint density at radius 1 is 1.40 bits per heavy atom. The van der Waals surface area contributed by atoms with Crippen molar-refractivity contribution in [2.24, 2.45) is 0 Å². The maximum atomic E-state index is 6.87. The van der Waals surface area contributed by atoms with Crippen molar-refractivity contribution in [3.05, 3.63) is 16.4 Å². The Balaban J connectivity index is 0.000000583. The topological polar surface area (TPSA) is 75.7 Å². The van der Waals surface area contributed by atoms with Gasteiger partial charge in [0.2, 0.25) is 0 Å². The van der Waals surface area contributed by atoms with Crippen LogP contribution < -0.4 is 16.3 Å². The van der Waals surface area contributed by atoms with Gasteiger partial charge in [0, 0.05) is 11.4 Å². The molecule has 0 amide bonds. The summed E-state index contributed by atoms with van der Waals surface area (Å²) in [4.78, 5) is 7.96. The first-order valence-electron chi connectivity index (χ1n) is 4.86. The van der Waals surface area contributed by atoms with E-state index < -0.39 is 0 Å². The smallest absolute Gasteiger partial charge is 0.135 e. The van der Waals surface area contributed by atoms with Crippen molar-refractivity contribution in [1.82, 2.24) is 9.97 Å². The fourth-order valence-corrected chi connectivity index (χ4v) is 0.928. The SMILES string of the molecule is C=c1nc(C)nc(N)/c1=C\C=N.CCC. The number of hydrogen-bond acceptors (Lipinski definition) is 4. The molecule has 1 rings (SSSR count). The summed E-state index contributed by atoms with van der Waals surface area (Å²) in [5, 5.41) is 8.05. The standard InChI is InChI=1S/C8H10N4.C3H8/c1-5-7(3-4-9)8(10)12-6(2)11-5;1-3-2/h3-4,9H,1H2,2H3,(H2,10,11,12);3H2,1-2H3/b7-3-,9-4?;. The summed E-state index contributed by atoms with van der Waals surface area (Å²) in [5.74, 6) is 0.968. The van der Waals surface area contributed by atoms with Crippen LogP contribution >= 0.6 is 0 Å². The fourth-order valence-electron chi connectivity index (χ4n) is 0.928. The molecule has 1 heterocycles. The van der Waals surface area contributed by atoms with Crippen molar-refractivity contribution in [2.45, 2.75) is 27.2 Å². The van der Waals surface area contributed by atoms with E-state index in [1.165, 1.54) is 12.5 Å². The number of nitrogens with two attached hydrogens (primary N) is 1. The largest absolute Gasteiger partial charge is 0.383 e. The van der Waals surface area contributed by atoms with Gasteiger partial charge in [-0.25, -0.2) is 9.97 Å². The molecule has 3 N–H and O–H groups in total. The third kappa shape index (κ3) is 4.35. The lowest BCUT2D eigenvalue weighted by molar-refractivity contribution is 1.02. The molecule has 0 unspecified atom stereocenters. The van der Waals surface area contributed by atoms with E-state index in [1.807, 2.05) is 0 Å². The highest BCUT2D eigenvalue weighted by Gasteiger charge is 1.94. The van der Waals surface area contributed by atoms with E-state index in [0.29, 0.717) is 22.2 Å². The van der Waals surface area contributed by atoms with E-state index in [4.69, 9.17) is 11.1 Å². The van der Waals surface area contributed by atoms with Gasteiger partial charge < -0.3 is 11.1 Å². The average molecular weight is 206 g/mol. The van der Waals surface area contributed by atoms with Crippen molar-refractivity contribution in [1.29, 1.82) is 5.41 Å². The Hall–Kier alpha value is -1.71. The van der Waals surface area contributed by atoms with Gasteiger partial charge in [-0.15, -0.1) is 0 Å². The molecular formula is C11H18N4. The Kier molecular flexibility index (Phi) is 5.94. The first kappa shape index (κ1) is 13.3. The number of nitrogens with zero attached hydrogens (tertiary/aromatic N) is 2. The summed E-state index contributed by atoms with van der Waals surface area (Å²) in [6.07, 6.45) is 3.91. The third-order valence-electron chi connectivity index (χ3n) is 1.42. The second-order valence-electron chi connectivity index (χ2n) is 3.06. The van der Waals surface area contributed by atoms with Crippen LogP contribution in [0.25, 0.3) is 12.7 Å². The van der Waals surface area contributed by atoms with Crippen LogP contribution in [0.4, 0.5) is 5.82 Å². The predicted molar refractivity (Wildman–Crippen MR) is 65.2 cm³/mol. The molecular weight excluding hydrogens is 188 g/mol. The lowest BCUT2D eigenvalue weighted by atomic mass is 10.3. The summed E-state index contributed by atoms with van der Waals surface area (Å²) in [6.45, 7) is 9.69. The van der Waals surface area contributed by atoms with Gasteiger partial charge in [-0.3, -0.25) is 0 Å². The molecule has 0 aliphatic carbocycles. The van der Waals surface area contributed by atoms with Crippen LogP contribution in [0.3, 0.4) is 0 Å². The Labute approximate surface area is 90.1 Å². The second-order valence-corrected chi connectivity index (χ2v) is 3.06. The number of nitrogens with one attached hydrogen (secondary N) is 1. The lowest BCUT2D eigenvalue weighted by Crippen LogP contribution is -2.32. The molecule has 82 valence electrons. The van der Waals surface area contributed by atoms with Gasteiger partial charge in [0.15, 0.2) is 0 Å². The highest BCUT2D eigenvalue weighted by atomic mass is 14.9. The quantitative estimate of drug-likeness (QED) is 0.661. The van der Waals surface area contributed by atoms with Gasteiger partial charge in [0.1, 0.15) is 11.6 Å². The van der Waals surface area contributed by atoms with Gasteiger partial charge in [-0.2, -0.15) is 0 Å². The maximum absolute atomic E-state index is 6.87. The number of hydrogen-bond donors (Lipinski definition) is 2. The van der Waals surface area contributed by atoms with E-state index in [1.54, 1.807) is 6.92 Å². The Morgan fingerprint density at radius 2 is 1.93 bits per heavy atom. The minimum atomic E-state index is 0.371. The van der Waals surface area contributed by atoms with Crippen LogP contribution in [-0.2, 0) is 0 Å². The molecule has 0 aliphatic rings. The lowest BCUT2D eigenvalue weighted by Gasteiger charge is -1.95. The molecule has 15 heavy (non-hydrogen) atoms. The van der Waals surface area contributed by atoms with Crippen LogP contribution in [0.2, 0.25) is 0 Å². The van der Waals surface area contributed by atoms with Crippen LogP contribution in [0.15, 0.2) is 0 Å². The van der Waals surface area contributed by atoms with Crippen molar-refractivity contribution < 1.29 is 0 Å². The van der Waals surface area contributed by atoms with E-state index >= 15 is 0 Å². The average Bonchev–Trinajstić information content (AvgIpc) is 2.12. The number of aryl methyl sites for hydroxylation is 1. The van der Waals surface area contributed by atoms with E-state index in [-0.39, 0.29) is 0 Å². The van der Waals surface area contributed by atoms with E-state index in [9.17, 15) is 0 Å². The first-order valence-corrected chi connectivity index (χ1v) is 4.86. The van der Waals surface area contributed by atoms with Gasteiger partial charge >= 0.3 is 0 Å². The molecule has 1 aromatic rings. The summed E-state index contributed by atoms with van der Waals surface area (Å²) in [7, 11) is 0. The molecule has 0 bridgehead atoms. The van der Waals surface area contributed by atoms with Crippen molar-refractivity contribution in [2.75, 3.05) is 5.73 Å². The van der Waals surface area contributed by atoms with Gasteiger partial charge in [0.25, 0.3) is 0 Å². The van der Waals surface area contributed by atoms with Crippen LogP contribution in [0, 0.1) is 12.3 Å². The zero-order valence-electron chi connectivity index (χ0n) is 9.54. The number of rotatable bonds is 1. The number of nitrogen functional groups attached to an aromatic ring is 1. The zero-order chi connectivity index (χ0) is 11.8. The van der Waals surface area contributed by atoms with Gasteiger partial charge in [-0.05, 0) is 13.0 Å². The molecule has 4 nitrogen and oxygen atoms in total. The monoisotopic (exact) mass is 206 g/mol. The van der Waals surface area contributed by atoms with Crippen LogP contribution in [-0.4, -0.2) is 16.2 Å². The van der Waals surface area contributed by atoms with Crippen LogP contribution in [0.5, 0.6) is 0 Å². The summed E-state index contributed by atoms with van der Waals surface area (Å²) >= 11 is 0. The highest BCUT2D eigenvalue weighted by Crippen LogP contribution is 1.82. The minimum absolute atomic E-state index is 0.371. The van der Waals surface area contributed by atoms with Gasteiger partial charge in [-0.1, -0.05) is 26.8 Å². The summed E-state index contributed by atoms with van der Waals surface area (Å²) in [5.41, 5.74) is 5.58. The molecule has 0 radical (unpaired) electrons. The van der Waals surface area contributed by atoms with Crippen molar-refractivity contribution in [3.8, 4) is 0 Å². The van der Waals surface area contributed by atoms with Crippen molar-refractivity contribution >= 4 is 24.7 Å². The van der Waals surface area contributed by atoms with Gasteiger partial charge in [0.05, 0.1) is 5.35 Å². The summed E-state index contributed by atoms with van der Waals surface area (Å²) < 4.78 is 0. The molecule has 0 spiro atoms. The van der Waals surface area contributed by atoms with Crippen LogP contribution in [0.1, 0.15) is 26.1 Å².